The highest BCUT2D eigenvalue weighted by atomic mass is 32.1. The molecular weight excluding hydrogens is 272 g/mol. The number of aromatic amines is 1. The van der Waals surface area contributed by atoms with Crippen molar-refractivity contribution < 1.29 is 4.74 Å². The quantitative estimate of drug-likeness (QED) is 0.880. The molecule has 0 spiro atoms. The van der Waals surface area contributed by atoms with Crippen LogP contribution in [0.1, 0.15) is 5.56 Å². The van der Waals surface area contributed by atoms with Gasteiger partial charge in [-0.05, 0) is 19.1 Å². The molecule has 1 fully saturated rings. The number of ether oxygens (including phenoxy) is 1. The first-order chi connectivity index (χ1) is 9.72. The van der Waals surface area contributed by atoms with Crippen LogP contribution in [0.4, 0.5) is 0 Å². The van der Waals surface area contributed by atoms with Gasteiger partial charge in [0.2, 0.25) is 4.77 Å². The zero-order valence-corrected chi connectivity index (χ0v) is 12.3. The Morgan fingerprint density at radius 3 is 2.65 bits per heavy atom. The molecule has 2 heterocycles. The van der Waals surface area contributed by atoms with Crippen LogP contribution in [-0.2, 0) is 11.4 Å². The zero-order valence-electron chi connectivity index (χ0n) is 11.5. The summed E-state index contributed by atoms with van der Waals surface area (Å²) in [7, 11) is 0. The van der Waals surface area contributed by atoms with Crippen LogP contribution in [0.25, 0.3) is 11.4 Å². The maximum atomic E-state index is 5.35. The maximum Gasteiger partial charge on any atom is 0.217 e. The van der Waals surface area contributed by atoms with Crippen molar-refractivity contribution in [3.63, 3.8) is 0 Å². The second kappa shape index (κ2) is 5.87. The van der Waals surface area contributed by atoms with Crippen molar-refractivity contribution in [3.8, 4) is 11.4 Å². The normalized spacial score (nSPS) is 16.4. The van der Waals surface area contributed by atoms with Gasteiger partial charge < -0.3 is 4.74 Å². The second-order valence-electron chi connectivity index (χ2n) is 5.02. The molecule has 2 aromatic rings. The first-order valence-corrected chi connectivity index (χ1v) is 7.17. The van der Waals surface area contributed by atoms with E-state index in [9.17, 15) is 0 Å². The summed E-state index contributed by atoms with van der Waals surface area (Å²) in [5, 5.41) is 3.28. The molecule has 0 radical (unpaired) electrons. The van der Waals surface area contributed by atoms with E-state index in [1.54, 1.807) is 0 Å². The fraction of sp³-hybridized carbons (Fsp3) is 0.429. The molecule has 1 aliphatic rings. The summed E-state index contributed by atoms with van der Waals surface area (Å²) in [4.78, 5) is 6.74. The Hall–Kier alpha value is -1.50. The van der Waals surface area contributed by atoms with Crippen LogP contribution in [0, 0.1) is 11.7 Å². The Balaban J connectivity index is 1.79. The molecule has 5 nitrogen and oxygen atoms in total. The Bertz CT molecular complexity index is 625. The number of morpholine rings is 1. The highest BCUT2D eigenvalue weighted by Crippen LogP contribution is 2.15. The van der Waals surface area contributed by atoms with Crippen LogP contribution in [0.15, 0.2) is 24.3 Å². The molecule has 0 amide bonds. The molecule has 1 aromatic heterocycles. The first kappa shape index (κ1) is 13.5. The molecular formula is C14H18N4OS. The van der Waals surface area contributed by atoms with Gasteiger partial charge in [0.1, 0.15) is 0 Å². The number of rotatable bonds is 3. The number of aryl methyl sites for hydroxylation is 1. The average Bonchev–Trinajstić information content (AvgIpc) is 2.82. The van der Waals surface area contributed by atoms with E-state index in [-0.39, 0.29) is 0 Å². The lowest BCUT2D eigenvalue weighted by molar-refractivity contribution is 0.0210. The number of hydrogen-bond donors (Lipinski definition) is 1. The summed E-state index contributed by atoms with van der Waals surface area (Å²) >= 11 is 5.33. The van der Waals surface area contributed by atoms with Crippen LogP contribution >= 0.6 is 12.2 Å². The summed E-state index contributed by atoms with van der Waals surface area (Å²) < 4.78 is 7.85. The average molecular weight is 290 g/mol. The monoisotopic (exact) mass is 290 g/mol. The third-order valence-electron chi connectivity index (χ3n) is 3.45. The molecule has 1 aromatic carbocycles. The fourth-order valence-corrected chi connectivity index (χ4v) is 2.43. The number of hydrogen-bond acceptors (Lipinski definition) is 4. The van der Waals surface area contributed by atoms with Gasteiger partial charge in [0.05, 0.1) is 19.9 Å². The van der Waals surface area contributed by atoms with Crippen LogP contribution in [0.5, 0.6) is 0 Å². The van der Waals surface area contributed by atoms with Crippen molar-refractivity contribution in [1.29, 1.82) is 0 Å². The highest BCUT2D eigenvalue weighted by molar-refractivity contribution is 7.71. The van der Waals surface area contributed by atoms with Crippen LogP contribution in [0.2, 0.25) is 0 Å². The summed E-state index contributed by atoms with van der Waals surface area (Å²) in [6.45, 7) is 6.24. The van der Waals surface area contributed by atoms with Gasteiger partial charge >= 0.3 is 0 Å². The molecule has 0 atom stereocenters. The van der Waals surface area contributed by atoms with E-state index in [2.05, 4.69) is 46.2 Å². The smallest absolute Gasteiger partial charge is 0.217 e. The number of benzene rings is 1. The lowest BCUT2D eigenvalue weighted by Crippen LogP contribution is -2.37. The van der Waals surface area contributed by atoms with E-state index in [0.29, 0.717) is 4.77 Å². The van der Waals surface area contributed by atoms with E-state index in [1.165, 1.54) is 5.56 Å². The standard InChI is InChI=1S/C14H18N4OS/c1-11-2-4-12(5-3-11)13-15-14(20)18(16-13)10-17-6-8-19-9-7-17/h2-5H,6-10H2,1H3,(H,15,16,20). The number of H-pyrrole nitrogens is 1. The third kappa shape index (κ3) is 2.98. The topological polar surface area (TPSA) is 46.1 Å². The molecule has 1 aliphatic heterocycles. The van der Waals surface area contributed by atoms with Gasteiger partial charge in [0.25, 0.3) is 0 Å². The van der Waals surface area contributed by atoms with Crippen LogP contribution < -0.4 is 0 Å². The van der Waals surface area contributed by atoms with Crippen molar-refractivity contribution >= 4 is 12.2 Å². The third-order valence-corrected chi connectivity index (χ3v) is 3.76. The Morgan fingerprint density at radius 2 is 1.95 bits per heavy atom. The maximum absolute atomic E-state index is 5.35. The van der Waals surface area contributed by atoms with Crippen LogP contribution in [-0.4, -0.2) is 46.0 Å². The van der Waals surface area contributed by atoms with E-state index in [0.717, 1.165) is 44.4 Å². The molecule has 1 N–H and O–H groups in total. The number of aromatic nitrogens is 3. The predicted octanol–water partition coefficient (Wildman–Crippen LogP) is 2.21. The summed E-state index contributed by atoms with van der Waals surface area (Å²) in [6.07, 6.45) is 0. The first-order valence-electron chi connectivity index (χ1n) is 6.76. The molecule has 0 bridgehead atoms. The lowest BCUT2D eigenvalue weighted by Gasteiger charge is -2.26. The molecule has 106 valence electrons. The molecule has 0 unspecified atom stereocenters. The second-order valence-corrected chi connectivity index (χ2v) is 5.39. The minimum absolute atomic E-state index is 0.590. The molecule has 0 aliphatic carbocycles. The molecule has 6 heteroatoms. The van der Waals surface area contributed by atoms with E-state index < -0.39 is 0 Å². The van der Waals surface area contributed by atoms with Crippen molar-refractivity contribution in [1.82, 2.24) is 19.7 Å². The van der Waals surface area contributed by atoms with Gasteiger partial charge in [0, 0.05) is 18.7 Å². The predicted molar refractivity (Wildman–Crippen MR) is 80.0 cm³/mol. The van der Waals surface area contributed by atoms with Gasteiger partial charge in [0.15, 0.2) is 5.82 Å². The van der Waals surface area contributed by atoms with E-state index in [1.807, 2.05) is 4.68 Å². The van der Waals surface area contributed by atoms with Crippen molar-refractivity contribution in [2.24, 2.45) is 0 Å². The van der Waals surface area contributed by atoms with Gasteiger partial charge in [-0.25, -0.2) is 4.68 Å². The molecule has 0 saturated carbocycles. The van der Waals surface area contributed by atoms with Gasteiger partial charge in [-0.2, -0.15) is 4.98 Å². The SMILES string of the molecule is Cc1ccc(-c2nc(=S)n(CN3CCOCC3)[nH]2)cc1. The molecule has 20 heavy (non-hydrogen) atoms. The Morgan fingerprint density at radius 1 is 1.25 bits per heavy atom. The van der Waals surface area contributed by atoms with Gasteiger partial charge in [-0.3, -0.25) is 10.00 Å². The largest absolute Gasteiger partial charge is 0.379 e. The summed E-state index contributed by atoms with van der Waals surface area (Å²) in [6, 6.07) is 8.27. The fourth-order valence-electron chi connectivity index (χ4n) is 2.24. The minimum Gasteiger partial charge on any atom is -0.379 e. The van der Waals surface area contributed by atoms with Crippen molar-refractivity contribution in [2.75, 3.05) is 26.3 Å². The minimum atomic E-state index is 0.590. The van der Waals surface area contributed by atoms with Crippen LogP contribution in [0.3, 0.4) is 0 Å². The van der Waals surface area contributed by atoms with E-state index in [4.69, 9.17) is 17.0 Å². The summed E-state index contributed by atoms with van der Waals surface area (Å²) in [5.74, 6) is 0.822. The Kier molecular flexibility index (Phi) is 3.95. The van der Waals surface area contributed by atoms with Gasteiger partial charge in [-0.1, -0.05) is 29.8 Å². The molecule has 1 saturated heterocycles. The zero-order chi connectivity index (χ0) is 13.9. The van der Waals surface area contributed by atoms with Gasteiger partial charge in [-0.15, -0.1) is 0 Å². The summed E-state index contributed by atoms with van der Waals surface area (Å²) in [5.41, 5.74) is 2.29. The number of nitrogens with one attached hydrogen (secondary N) is 1. The number of nitrogens with zero attached hydrogens (tertiary/aromatic N) is 3. The van der Waals surface area contributed by atoms with E-state index >= 15 is 0 Å². The van der Waals surface area contributed by atoms with Crippen molar-refractivity contribution in [3.05, 3.63) is 34.6 Å². The Labute approximate surface area is 123 Å². The molecule has 3 rings (SSSR count). The highest BCUT2D eigenvalue weighted by Gasteiger charge is 2.12. The lowest BCUT2D eigenvalue weighted by atomic mass is 10.1. The van der Waals surface area contributed by atoms with Crippen molar-refractivity contribution in [2.45, 2.75) is 13.6 Å².